The van der Waals surface area contributed by atoms with Gasteiger partial charge in [0.1, 0.15) is 0 Å². The largest absolute Gasteiger partial charge is 0.357 e. The molecule has 2 heterocycles. The van der Waals surface area contributed by atoms with Crippen LogP contribution in [0.25, 0.3) is 0 Å². The van der Waals surface area contributed by atoms with E-state index in [0.29, 0.717) is 11.7 Å². The zero-order valence-electron chi connectivity index (χ0n) is 16.5. The first-order chi connectivity index (χ1) is 12.2. The van der Waals surface area contributed by atoms with Gasteiger partial charge in [0.25, 0.3) is 0 Å². The molecule has 2 rings (SSSR count). The molecule has 1 aliphatic rings. The highest BCUT2D eigenvalue weighted by atomic mass is 127. The van der Waals surface area contributed by atoms with Crippen LogP contribution in [0.4, 0.5) is 0 Å². The van der Waals surface area contributed by atoms with Crippen LogP contribution in [-0.4, -0.2) is 59.8 Å². The van der Waals surface area contributed by atoms with Gasteiger partial charge in [-0.3, -0.25) is 9.89 Å². The Bertz CT molecular complexity index is 522. The van der Waals surface area contributed by atoms with E-state index in [4.69, 9.17) is 4.52 Å². The van der Waals surface area contributed by atoms with Crippen LogP contribution in [0, 0.1) is 6.92 Å². The van der Waals surface area contributed by atoms with Gasteiger partial charge in [-0.15, -0.1) is 24.0 Å². The topological polar surface area (TPSA) is 78.6 Å². The van der Waals surface area contributed by atoms with Gasteiger partial charge in [-0.1, -0.05) is 18.5 Å². The highest BCUT2D eigenvalue weighted by molar-refractivity contribution is 14.0. The van der Waals surface area contributed by atoms with E-state index in [1.807, 2.05) is 6.92 Å². The fourth-order valence-electron chi connectivity index (χ4n) is 3.34. The number of likely N-dealkylation sites (tertiary alicyclic amines) is 1. The maximum absolute atomic E-state index is 5.13. The summed E-state index contributed by atoms with van der Waals surface area (Å²) in [4.78, 5) is 11.5. The number of halogens is 1. The van der Waals surface area contributed by atoms with Gasteiger partial charge in [0, 0.05) is 38.6 Å². The van der Waals surface area contributed by atoms with Crippen molar-refractivity contribution in [2.75, 3.05) is 32.7 Å². The summed E-state index contributed by atoms with van der Waals surface area (Å²) in [5.41, 5.74) is 0. The van der Waals surface area contributed by atoms with Crippen molar-refractivity contribution >= 4 is 29.9 Å². The summed E-state index contributed by atoms with van der Waals surface area (Å²) in [5.74, 6) is 2.28. The van der Waals surface area contributed by atoms with Gasteiger partial charge in [-0.2, -0.15) is 4.98 Å². The molecule has 1 aromatic heterocycles. The van der Waals surface area contributed by atoms with E-state index in [-0.39, 0.29) is 24.0 Å². The van der Waals surface area contributed by atoms with E-state index in [2.05, 4.69) is 44.5 Å². The maximum atomic E-state index is 5.13. The third-order valence-electron chi connectivity index (χ3n) is 4.64. The second-order valence-corrected chi connectivity index (χ2v) is 6.62. The number of hydrogen-bond acceptors (Lipinski definition) is 5. The summed E-state index contributed by atoms with van der Waals surface area (Å²) in [6, 6.07) is 0.757. The number of piperidine rings is 1. The first kappa shape index (κ1) is 23.1. The Morgan fingerprint density at radius 3 is 2.85 bits per heavy atom. The lowest BCUT2D eigenvalue weighted by molar-refractivity contribution is 0.147. The van der Waals surface area contributed by atoms with Gasteiger partial charge < -0.3 is 15.2 Å². The van der Waals surface area contributed by atoms with Crippen molar-refractivity contribution in [1.82, 2.24) is 25.7 Å². The van der Waals surface area contributed by atoms with Crippen molar-refractivity contribution in [1.29, 1.82) is 0 Å². The van der Waals surface area contributed by atoms with E-state index in [1.165, 1.54) is 32.2 Å². The predicted octanol–water partition coefficient (Wildman–Crippen LogP) is 2.75. The lowest BCUT2D eigenvalue weighted by atomic mass is 10.0. The molecular weight excluding hydrogens is 443 g/mol. The normalized spacial score (nSPS) is 18.4. The van der Waals surface area contributed by atoms with Gasteiger partial charge in [0.05, 0.1) is 0 Å². The summed E-state index contributed by atoms with van der Waals surface area (Å²) in [5, 5.41) is 10.6. The molecule has 1 unspecified atom stereocenters. The number of aromatic nitrogens is 2. The molecule has 0 aliphatic carbocycles. The fraction of sp³-hybridized carbons (Fsp3) is 0.833. The smallest absolute Gasteiger partial charge is 0.226 e. The number of nitrogens with one attached hydrogen (secondary N) is 2. The minimum Gasteiger partial charge on any atom is -0.357 e. The number of guanidine groups is 1. The quantitative estimate of drug-likeness (QED) is 0.246. The second kappa shape index (κ2) is 13.3. The van der Waals surface area contributed by atoms with Crippen molar-refractivity contribution in [3.8, 4) is 0 Å². The molecule has 0 radical (unpaired) electrons. The van der Waals surface area contributed by atoms with Crippen molar-refractivity contribution in [2.45, 2.75) is 65.3 Å². The molecule has 1 aliphatic heterocycles. The Morgan fingerprint density at radius 2 is 2.15 bits per heavy atom. The molecule has 8 heteroatoms. The summed E-state index contributed by atoms with van der Waals surface area (Å²) in [6.45, 7) is 11.1. The minimum absolute atomic E-state index is 0. The molecule has 1 atom stereocenters. The van der Waals surface area contributed by atoms with E-state index in [0.717, 1.165) is 51.0 Å². The molecule has 0 saturated carbocycles. The van der Waals surface area contributed by atoms with Gasteiger partial charge in [0.2, 0.25) is 5.89 Å². The Labute approximate surface area is 174 Å². The molecule has 0 aromatic carbocycles. The van der Waals surface area contributed by atoms with Gasteiger partial charge in [0.15, 0.2) is 11.8 Å². The number of aliphatic imine (C=N–C) groups is 1. The van der Waals surface area contributed by atoms with Gasteiger partial charge in [-0.05, 0) is 46.1 Å². The Kier molecular flexibility index (Phi) is 11.8. The third-order valence-corrected chi connectivity index (χ3v) is 4.64. The molecule has 2 N–H and O–H groups in total. The fourth-order valence-corrected chi connectivity index (χ4v) is 3.34. The van der Waals surface area contributed by atoms with Crippen LogP contribution in [0.5, 0.6) is 0 Å². The third kappa shape index (κ3) is 8.20. The Morgan fingerprint density at radius 1 is 1.31 bits per heavy atom. The lowest BCUT2D eigenvalue weighted by Crippen LogP contribution is -2.46. The average molecular weight is 478 g/mol. The van der Waals surface area contributed by atoms with Gasteiger partial charge in [-0.25, -0.2) is 0 Å². The second-order valence-electron chi connectivity index (χ2n) is 6.62. The van der Waals surface area contributed by atoms with Crippen LogP contribution in [0.15, 0.2) is 9.52 Å². The van der Waals surface area contributed by atoms with E-state index >= 15 is 0 Å². The zero-order chi connectivity index (χ0) is 17.9. The Hall–Kier alpha value is -0.900. The van der Waals surface area contributed by atoms with Crippen LogP contribution in [0.2, 0.25) is 0 Å². The molecule has 150 valence electrons. The first-order valence-electron chi connectivity index (χ1n) is 9.78. The van der Waals surface area contributed by atoms with Crippen molar-refractivity contribution in [3.63, 3.8) is 0 Å². The molecule has 0 amide bonds. The van der Waals surface area contributed by atoms with E-state index in [9.17, 15) is 0 Å². The molecular formula is C18H35IN6O. The zero-order valence-corrected chi connectivity index (χ0v) is 18.8. The maximum Gasteiger partial charge on any atom is 0.226 e. The minimum atomic E-state index is 0. The molecule has 0 spiro atoms. The summed E-state index contributed by atoms with van der Waals surface area (Å²) < 4.78 is 5.13. The van der Waals surface area contributed by atoms with Crippen LogP contribution in [-0.2, 0) is 6.42 Å². The SMILES string of the molecule is CCNC(=NCCCc1nc(C)no1)NCCN1CCCCC1CC.I. The van der Waals surface area contributed by atoms with Crippen LogP contribution >= 0.6 is 24.0 Å². The van der Waals surface area contributed by atoms with Crippen LogP contribution in [0.1, 0.15) is 57.7 Å². The summed E-state index contributed by atoms with van der Waals surface area (Å²) in [7, 11) is 0. The highest BCUT2D eigenvalue weighted by Gasteiger charge is 2.19. The molecule has 1 saturated heterocycles. The highest BCUT2D eigenvalue weighted by Crippen LogP contribution is 2.18. The van der Waals surface area contributed by atoms with E-state index in [1.54, 1.807) is 0 Å². The van der Waals surface area contributed by atoms with Crippen LogP contribution < -0.4 is 10.6 Å². The molecule has 7 nitrogen and oxygen atoms in total. The number of rotatable bonds is 9. The molecule has 1 aromatic rings. The predicted molar refractivity (Wildman–Crippen MR) is 116 cm³/mol. The summed E-state index contributed by atoms with van der Waals surface area (Å²) in [6.07, 6.45) is 6.99. The van der Waals surface area contributed by atoms with Crippen molar-refractivity contribution < 1.29 is 4.52 Å². The summed E-state index contributed by atoms with van der Waals surface area (Å²) >= 11 is 0. The number of hydrogen-bond donors (Lipinski definition) is 2. The average Bonchev–Trinajstić information content (AvgIpc) is 3.04. The first-order valence-corrected chi connectivity index (χ1v) is 9.78. The van der Waals surface area contributed by atoms with E-state index < -0.39 is 0 Å². The number of aryl methyl sites for hydroxylation is 2. The van der Waals surface area contributed by atoms with Crippen LogP contribution in [0.3, 0.4) is 0 Å². The standard InChI is InChI=1S/C18H34N6O.HI/c1-4-16-9-6-7-13-24(16)14-12-21-18(19-5-2)20-11-8-10-17-22-15(3)23-25-17;/h16H,4-14H2,1-3H3,(H2,19,20,21);1H. The molecule has 1 fully saturated rings. The monoisotopic (exact) mass is 478 g/mol. The van der Waals surface area contributed by atoms with Gasteiger partial charge >= 0.3 is 0 Å². The molecule has 0 bridgehead atoms. The van der Waals surface area contributed by atoms with Crippen molar-refractivity contribution in [3.05, 3.63) is 11.7 Å². The Balaban J connectivity index is 0.00000338. The number of nitrogens with zero attached hydrogens (tertiary/aromatic N) is 4. The molecule has 26 heavy (non-hydrogen) atoms. The van der Waals surface area contributed by atoms with Crippen molar-refractivity contribution in [2.24, 2.45) is 4.99 Å². The lowest BCUT2D eigenvalue weighted by Gasteiger charge is -2.35.